The van der Waals surface area contributed by atoms with E-state index >= 15 is 0 Å². The van der Waals surface area contributed by atoms with Gasteiger partial charge >= 0.3 is 0 Å². The quantitative estimate of drug-likeness (QED) is 0.878. The molecule has 1 aromatic rings. The zero-order valence-corrected chi connectivity index (χ0v) is 13.7. The number of methoxy groups -OCH3 is 2. The Bertz CT molecular complexity index is 497. The van der Waals surface area contributed by atoms with E-state index in [2.05, 4.69) is 12.2 Å². The number of amides is 1. The Balaban J connectivity index is 1.79. The number of piperidine rings is 1. The summed E-state index contributed by atoms with van der Waals surface area (Å²) in [5.41, 5.74) is 0.928. The van der Waals surface area contributed by atoms with Crippen LogP contribution in [0.5, 0.6) is 11.5 Å². The molecule has 1 fully saturated rings. The molecule has 0 saturated carbocycles. The summed E-state index contributed by atoms with van der Waals surface area (Å²) in [5, 5.41) is 3.27. The van der Waals surface area contributed by atoms with E-state index in [1.54, 1.807) is 14.2 Å². The van der Waals surface area contributed by atoms with Gasteiger partial charge in [-0.2, -0.15) is 0 Å². The summed E-state index contributed by atoms with van der Waals surface area (Å²) in [6.07, 6.45) is 2.76. The highest BCUT2D eigenvalue weighted by Crippen LogP contribution is 2.29. The molecular weight excluding hydrogens is 280 g/mol. The molecule has 0 aliphatic carbocycles. The van der Waals surface area contributed by atoms with Crippen LogP contribution in [0, 0.1) is 5.92 Å². The molecule has 0 aromatic heterocycles. The normalized spacial score (nSPS) is 15.5. The van der Waals surface area contributed by atoms with Crippen molar-refractivity contribution in [1.82, 2.24) is 4.90 Å². The third-order valence-corrected chi connectivity index (χ3v) is 4.19. The average molecular weight is 306 g/mol. The number of ether oxygens (including phenoxy) is 2. The molecule has 0 atom stereocenters. The van der Waals surface area contributed by atoms with Crippen LogP contribution in [0.4, 0.5) is 5.69 Å². The summed E-state index contributed by atoms with van der Waals surface area (Å²) in [7, 11) is 3.23. The van der Waals surface area contributed by atoms with Crippen LogP contribution in [0.15, 0.2) is 18.2 Å². The molecule has 1 aliphatic heterocycles. The van der Waals surface area contributed by atoms with Crippen LogP contribution in [-0.4, -0.2) is 44.7 Å². The van der Waals surface area contributed by atoms with Crippen LogP contribution in [-0.2, 0) is 4.79 Å². The van der Waals surface area contributed by atoms with E-state index in [-0.39, 0.29) is 5.91 Å². The van der Waals surface area contributed by atoms with E-state index < -0.39 is 0 Å². The molecule has 5 nitrogen and oxygen atoms in total. The Hall–Kier alpha value is -1.91. The van der Waals surface area contributed by atoms with Gasteiger partial charge in [0.05, 0.1) is 14.2 Å². The fourth-order valence-electron chi connectivity index (χ4n) is 2.68. The first-order valence-electron chi connectivity index (χ1n) is 7.87. The van der Waals surface area contributed by atoms with Gasteiger partial charge in [0.25, 0.3) is 0 Å². The van der Waals surface area contributed by atoms with Crippen molar-refractivity contribution in [2.24, 2.45) is 5.92 Å². The van der Waals surface area contributed by atoms with Gasteiger partial charge in [0.2, 0.25) is 5.91 Å². The second-order valence-electron chi connectivity index (χ2n) is 5.81. The number of likely N-dealkylation sites (tertiary alicyclic amines) is 1. The van der Waals surface area contributed by atoms with Crippen molar-refractivity contribution in [3.05, 3.63) is 18.2 Å². The number of carbonyl (C=O) groups is 1. The molecule has 22 heavy (non-hydrogen) atoms. The van der Waals surface area contributed by atoms with Gasteiger partial charge in [0.15, 0.2) is 11.5 Å². The summed E-state index contributed by atoms with van der Waals surface area (Å²) < 4.78 is 10.5. The van der Waals surface area contributed by atoms with E-state index in [0.717, 1.165) is 37.5 Å². The van der Waals surface area contributed by atoms with Crippen LogP contribution in [0.25, 0.3) is 0 Å². The second kappa shape index (κ2) is 7.92. The smallest absolute Gasteiger partial charge is 0.224 e. The largest absolute Gasteiger partial charge is 0.493 e. The maximum atomic E-state index is 12.2. The fraction of sp³-hybridized carbons (Fsp3) is 0.588. The van der Waals surface area contributed by atoms with Gasteiger partial charge in [-0.1, -0.05) is 6.92 Å². The third kappa shape index (κ3) is 4.29. The minimum atomic E-state index is 0.236. The molecule has 5 heteroatoms. The summed E-state index contributed by atoms with van der Waals surface area (Å²) >= 11 is 0. The first-order chi connectivity index (χ1) is 10.6. The van der Waals surface area contributed by atoms with Crippen molar-refractivity contribution >= 4 is 11.6 Å². The van der Waals surface area contributed by atoms with E-state index in [0.29, 0.717) is 24.5 Å². The van der Waals surface area contributed by atoms with Crippen molar-refractivity contribution in [2.45, 2.75) is 26.2 Å². The van der Waals surface area contributed by atoms with Crippen LogP contribution >= 0.6 is 0 Å². The topological polar surface area (TPSA) is 50.8 Å². The summed E-state index contributed by atoms with van der Waals surface area (Å²) in [6, 6.07) is 5.66. The van der Waals surface area contributed by atoms with Gasteiger partial charge in [-0.3, -0.25) is 4.79 Å². The summed E-state index contributed by atoms with van der Waals surface area (Å²) in [4.78, 5) is 14.1. The highest BCUT2D eigenvalue weighted by Gasteiger charge is 2.19. The van der Waals surface area contributed by atoms with Crippen LogP contribution in [0.2, 0.25) is 0 Å². The predicted molar refractivity (Wildman–Crippen MR) is 87.6 cm³/mol. The predicted octanol–water partition coefficient (Wildman–Crippen LogP) is 2.76. The highest BCUT2D eigenvalue weighted by molar-refractivity contribution is 5.76. The average Bonchev–Trinajstić information content (AvgIpc) is 2.55. The van der Waals surface area contributed by atoms with E-state index in [1.807, 2.05) is 23.1 Å². The number of nitrogens with zero attached hydrogens (tertiary/aromatic N) is 1. The maximum Gasteiger partial charge on any atom is 0.224 e. The molecule has 0 bridgehead atoms. The van der Waals surface area contributed by atoms with Crippen molar-refractivity contribution in [3.8, 4) is 11.5 Å². The lowest BCUT2D eigenvalue weighted by molar-refractivity contribution is -0.132. The molecule has 1 aliphatic rings. The Morgan fingerprint density at radius 3 is 2.55 bits per heavy atom. The van der Waals surface area contributed by atoms with Crippen molar-refractivity contribution in [3.63, 3.8) is 0 Å². The van der Waals surface area contributed by atoms with Crippen molar-refractivity contribution < 1.29 is 14.3 Å². The minimum absolute atomic E-state index is 0.236. The van der Waals surface area contributed by atoms with Gasteiger partial charge in [-0.05, 0) is 30.9 Å². The molecule has 2 rings (SSSR count). The Morgan fingerprint density at radius 1 is 1.23 bits per heavy atom. The Labute approximate surface area is 132 Å². The Kier molecular flexibility index (Phi) is 5.92. The molecule has 122 valence electrons. The first kappa shape index (κ1) is 16.5. The monoisotopic (exact) mass is 306 g/mol. The van der Waals surface area contributed by atoms with E-state index in [4.69, 9.17) is 9.47 Å². The van der Waals surface area contributed by atoms with Crippen molar-refractivity contribution in [2.75, 3.05) is 39.2 Å². The molecule has 1 aromatic carbocycles. The number of hydrogen-bond acceptors (Lipinski definition) is 4. The van der Waals surface area contributed by atoms with Gasteiger partial charge in [0, 0.05) is 37.8 Å². The summed E-state index contributed by atoms with van der Waals surface area (Å²) in [6.45, 7) is 4.67. The van der Waals surface area contributed by atoms with E-state index in [9.17, 15) is 4.79 Å². The molecule has 0 spiro atoms. The van der Waals surface area contributed by atoms with Gasteiger partial charge in [-0.25, -0.2) is 0 Å². The van der Waals surface area contributed by atoms with Gasteiger partial charge in [-0.15, -0.1) is 0 Å². The lowest BCUT2D eigenvalue weighted by Gasteiger charge is -2.30. The van der Waals surface area contributed by atoms with Gasteiger partial charge < -0.3 is 19.7 Å². The SMILES string of the molecule is COc1ccc(NCCC(=O)N2CCC(C)CC2)cc1OC. The molecular formula is C17H26N2O3. The molecule has 0 radical (unpaired) electrons. The molecule has 1 heterocycles. The van der Waals surface area contributed by atoms with Crippen LogP contribution < -0.4 is 14.8 Å². The molecule has 1 amide bonds. The first-order valence-corrected chi connectivity index (χ1v) is 7.87. The van der Waals surface area contributed by atoms with Gasteiger partial charge in [0.1, 0.15) is 0 Å². The zero-order valence-electron chi connectivity index (χ0n) is 13.7. The molecule has 1 saturated heterocycles. The Morgan fingerprint density at radius 2 is 1.91 bits per heavy atom. The number of nitrogens with one attached hydrogen (secondary N) is 1. The highest BCUT2D eigenvalue weighted by atomic mass is 16.5. The number of hydrogen-bond donors (Lipinski definition) is 1. The molecule has 1 N–H and O–H groups in total. The minimum Gasteiger partial charge on any atom is -0.493 e. The lowest BCUT2D eigenvalue weighted by Crippen LogP contribution is -2.38. The lowest BCUT2D eigenvalue weighted by atomic mass is 9.99. The standard InChI is InChI=1S/C17H26N2O3/c1-13-7-10-19(11-8-13)17(20)6-9-18-14-4-5-15(21-2)16(12-14)22-3/h4-5,12-13,18H,6-11H2,1-3H3. The fourth-order valence-corrected chi connectivity index (χ4v) is 2.68. The zero-order chi connectivity index (χ0) is 15.9. The van der Waals surface area contributed by atoms with Crippen molar-refractivity contribution in [1.29, 1.82) is 0 Å². The summed E-state index contributed by atoms with van der Waals surface area (Å²) in [5.74, 6) is 2.37. The van der Waals surface area contributed by atoms with Crippen LogP contribution in [0.3, 0.4) is 0 Å². The van der Waals surface area contributed by atoms with E-state index in [1.165, 1.54) is 0 Å². The third-order valence-electron chi connectivity index (χ3n) is 4.19. The number of carbonyl (C=O) groups excluding carboxylic acids is 1. The van der Waals surface area contributed by atoms with Crippen LogP contribution in [0.1, 0.15) is 26.2 Å². The number of benzene rings is 1. The number of rotatable bonds is 6. The molecule has 0 unspecified atom stereocenters. The maximum absolute atomic E-state index is 12.2. The number of anilines is 1. The second-order valence-corrected chi connectivity index (χ2v) is 5.81.